The lowest BCUT2D eigenvalue weighted by molar-refractivity contribution is -0.139. The van der Waals surface area contributed by atoms with Gasteiger partial charge in [-0.05, 0) is 18.6 Å². The number of hydrogen-bond acceptors (Lipinski definition) is 4. The second kappa shape index (κ2) is 5.95. The second-order valence-electron chi connectivity index (χ2n) is 3.63. The number of pyridine rings is 1. The van der Waals surface area contributed by atoms with Gasteiger partial charge in [-0.15, -0.1) is 0 Å². The van der Waals surface area contributed by atoms with Crippen molar-refractivity contribution in [3.05, 3.63) is 29.6 Å². The summed E-state index contributed by atoms with van der Waals surface area (Å²) in [5.41, 5.74) is 1.11. The number of aromatic nitrogens is 1. The van der Waals surface area contributed by atoms with E-state index in [0.29, 0.717) is 5.56 Å². The van der Waals surface area contributed by atoms with Gasteiger partial charge in [-0.3, -0.25) is 9.78 Å². The highest BCUT2D eigenvalue weighted by Gasteiger charge is 2.20. The third-order valence-corrected chi connectivity index (χ3v) is 2.16. The van der Waals surface area contributed by atoms with Crippen LogP contribution in [0.4, 0.5) is 0 Å². The van der Waals surface area contributed by atoms with Crippen LogP contribution in [0.5, 0.6) is 0 Å². The zero-order chi connectivity index (χ0) is 12.8. The van der Waals surface area contributed by atoms with E-state index in [-0.39, 0.29) is 13.0 Å². The summed E-state index contributed by atoms with van der Waals surface area (Å²) in [7, 11) is 0. The van der Waals surface area contributed by atoms with Gasteiger partial charge in [0.2, 0.25) is 0 Å². The molecule has 0 saturated heterocycles. The first kappa shape index (κ1) is 13.1. The van der Waals surface area contributed by atoms with Crippen LogP contribution in [-0.4, -0.2) is 39.7 Å². The van der Waals surface area contributed by atoms with Crippen LogP contribution >= 0.6 is 0 Å². The number of nitrogens with one attached hydrogen (secondary N) is 1. The molecule has 6 heteroatoms. The molecule has 17 heavy (non-hydrogen) atoms. The summed E-state index contributed by atoms with van der Waals surface area (Å²) in [6, 6.07) is 0.521. The number of aliphatic hydroxyl groups excluding tert-OH is 1. The van der Waals surface area contributed by atoms with Gasteiger partial charge in [-0.2, -0.15) is 0 Å². The van der Waals surface area contributed by atoms with Crippen molar-refractivity contribution in [2.75, 3.05) is 6.61 Å². The van der Waals surface area contributed by atoms with E-state index in [0.717, 1.165) is 5.56 Å². The minimum Gasteiger partial charge on any atom is -0.480 e. The molecule has 0 bridgehead atoms. The van der Waals surface area contributed by atoms with Crippen LogP contribution < -0.4 is 5.32 Å². The Balaban J connectivity index is 2.73. The number of aliphatic hydroxyl groups is 1. The van der Waals surface area contributed by atoms with Gasteiger partial charge >= 0.3 is 5.97 Å². The predicted octanol–water partition coefficient (Wildman–Crippen LogP) is -0.0446. The van der Waals surface area contributed by atoms with Crippen LogP contribution in [0.1, 0.15) is 22.3 Å². The van der Waals surface area contributed by atoms with Crippen LogP contribution in [0.2, 0.25) is 0 Å². The van der Waals surface area contributed by atoms with E-state index in [4.69, 9.17) is 10.2 Å². The van der Waals surface area contributed by atoms with Crippen molar-refractivity contribution in [3.63, 3.8) is 0 Å². The molecule has 92 valence electrons. The molecular weight excluding hydrogens is 224 g/mol. The Morgan fingerprint density at radius 2 is 2.18 bits per heavy atom. The van der Waals surface area contributed by atoms with Gasteiger partial charge < -0.3 is 15.5 Å². The van der Waals surface area contributed by atoms with Crippen LogP contribution in [0.3, 0.4) is 0 Å². The highest BCUT2D eigenvalue weighted by atomic mass is 16.4. The molecule has 0 aliphatic carbocycles. The van der Waals surface area contributed by atoms with E-state index < -0.39 is 17.9 Å². The molecule has 1 rings (SSSR count). The molecule has 0 spiro atoms. The van der Waals surface area contributed by atoms with Gasteiger partial charge in [0.25, 0.3) is 5.91 Å². The Morgan fingerprint density at radius 1 is 1.47 bits per heavy atom. The number of hydrogen-bond donors (Lipinski definition) is 3. The van der Waals surface area contributed by atoms with Crippen LogP contribution in [0, 0.1) is 6.92 Å². The van der Waals surface area contributed by atoms with Gasteiger partial charge in [-0.25, -0.2) is 4.79 Å². The van der Waals surface area contributed by atoms with Gasteiger partial charge in [-0.1, -0.05) is 0 Å². The number of carboxylic acids is 1. The molecule has 0 aliphatic rings. The summed E-state index contributed by atoms with van der Waals surface area (Å²) in [4.78, 5) is 26.3. The lowest BCUT2D eigenvalue weighted by atomic mass is 10.1. The zero-order valence-corrected chi connectivity index (χ0v) is 9.38. The van der Waals surface area contributed by atoms with E-state index in [9.17, 15) is 9.59 Å². The quantitative estimate of drug-likeness (QED) is 0.668. The van der Waals surface area contributed by atoms with Gasteiger partial charge in [0.05, 0.1) is 5.56 Å². The summed E-state index contributed by atoms with van der Waals surface area (Å²) in [6.07, 6.45) is 2.93. The molecule has 0 saturated carbocycles. The fourth-order valence-corrected chi connectivity index (χ4v) is 1.31. The van der Waals surface area contributed by atoms with Crippen molar-refractivity contribution in [3.8, 4) is 0 Å². The summed E-state index contributed by atoms with van der Waals surface area (Å²) >= 11 is 0. The maximum atomic E-state index is 11.7. The van der Waals surface area contributed by atoms with Crippen LogP contribution in [0.25, 0.3) is 0 Å². The normalized spacial score (nSPS) is 11.9. The number of carbonyl (C=O) groups excluding carboxylic acids is 1. The number of aliphatic carboxylic acids is 1. The predicted molar refractivity (Wildman–Crippen MR) is 59.6 cm³/mol. The molecule has 0 fully saturated rings. The van der Waals surface area contributed by atoms with Crippen molar-refractivity contribution in [1.82, 2.24) is 10.3 Å². The smallest absolute Gasteiger partial charge is 0.326 e. The van der Waals surface area contributed by atoms with Crippen molar-refractivity contribution >= 4 is 11.9 Å². The summed E-state index contributed by atoms with van der Waals surface area (Å²) < 4.78 is 0. The molecule has 6 nitrogen and oxygen atoms in total. The summed E-state index contributed by atoms with van der Waals surface area (Å²) in [6.45, 7) is 1.48. The molecule has 1 aromatic rings. The highest BCUT2D eigenvalue weighted by Crippen LogP contribution is 2.02. The largest absolute Gasteiger partial charge is 0.480 e. The first-order valence-corrected chi connectivity index (χ1v) is 5.10. The Bertz CT molecular complexity index is 420. The first-order chi connectivity index (χ1) is 8.04. The maximum Gasteiger partial charge on any atom is 0.326 e. The van der Waals surface area contributed by atoms with Crippen molar-refractivity contribution in [2.45, 2.75) is 19.4 Å². The molecule has 0 radical (unpaired) electrons. The Kier molecular flexibility index (Phi) is 4.59. The monoisotopic (exact) mass is 238 g/mol. The Hall–Kier alpha value is -1.95. The minimum atomic E-state index is -1.17. The molecule has 3 N–H and O–H groups in total. The Labute approximate surface area is 98.3 Å². The molecule has 0 aliphatic heterocycles. The van der Waals surface area contributed by atoms with Crippen molar-refractivity contribution in [2.24, 2.45) is 0 Å². The Morgan fingerprint density at radius 3 is 2.71 bits per heavy atom. The first-order valence-electron chi connectivity index (χ1n) is 5.10. The number of carboxylic acid groups (broad SMARTS) is 1. The number of aryl methyl sites for hydroxylation is 1. The van der Waals surface area contributed by atoms with Gasteiger partial charge in [0.15, 0.2) is 0 Å². The van der Waals surface area contributed by atoms with Crippen LogP contribution in [0.15, 0.2) is 18.5 Å². The molecule has 1 amide bonds. The highest BCUT2D eigenvalue weighted by molar-refractivity contribution is 5.96. The average molecular weight is 238 g/mol. The van der Waals surface area contributed by atoms with Crippen LogP contribution in [-0.2, 0) is 4.79 Å². The fraction of sp³-hybridized carbons (Fsp3) is 0.364. The molecular formula is C11H14N2O4. The van der Waals surface area contributed by atoms with Gasteiger partial charge in [0, 0.05) is 25.4 Å². The van der Waals surface area contributed by atoms with Crippen molar-refractivity contribution < 1.29 is 19.8 Å². The standard InChI is InChI=1S/C11H14N2O4/c1-7-4-8(6-12-5-7)10(15)13-9(2-3-14)11(16)17/h4-6,9,14H,2-3H2,1H3,(H,13,15)(H,16,17)/t9-/m1/s1. The molecule has 1 aromatic heterocycles. The third-order valence-electron chi connectivity index (χ3n) is 2.16. The SMILES string of the molecule is Cc1cncc(C(=O)N[C@H](CCO)C(=O)O)c1. The molecule has 1 atom stereocenters. The maximum absolute atomic E-state index is 11.7. The van der Waals surface area contributed by atoms with Gasteiger partial charge in [0.1, 0.15) is 6.04 Å². The lowest BCUT2D eigenvalue weighted by Gasteiger charge is -2.13. The van der Waals surface area contributed by atoms with E-state index in [1.807, 2.05) is 0 Å². The molecule has 0 aromatic carbocycles. The average Bonchev–Trinajstić information content (AvgIpc) is 2.28. The molecule has 1 heterocycles. The van der Waals surface area contributed by atoms with E-state index >= 15 is 0 Å². The van der Waals surface area contributed by atoms with E-state index in [1.165, 1.54) is 6.20 Å². The number of carbonyl (C=O) groups is 2. The number of rotatable bonds is 5. The summed E-state index contributed by atoms with van der Waals surface area (Å²) in [5.74, 6) is -1.69. The third kappa shape index (κ3) is 3.84. The van der Waals surface area contributed by atoms with Crippen molar-refractivity contribution in [1.29, 1.82) is 0 Å². The minimum absolute atomic E-state index is 0.0275. The zero-order valence-electron chi connectivity index (χ0n) is 9.38. The second-order valence-corrected chi connectivity index (χ2v) is 3.63. The van der Waals surface area contributed by atoms with E-state index in [2.05, 4.69) is 10.3 Å². The lowest BCUT2D eigenvalue weighted by Crippen LogP contribution is -2.41. The topological polar surface area (TPSA) is 99.5 Å². The molecule has 0 unspecified atom stereocenters. The summed E-state index contributed by atoms with van der Waals surface area (Å²) in [5, 5.41) is 19.8. The van der Waals surface area contributed by atoms with E-state index in [1.54, 1.807) is 19.2 Å². The number of amides is 1. The fourth-order valence-electron chi connectivity index (χ4n) is 1.31. The number of nitrogens with zero attached hydrogens (tertiary/aromatic N) is 1.